The first-order chi connectivity index (χ1) is 15.0. The highest BCUT2D eigenvalue weighted by atomic mass is 16.5. The van der Waals surface area contributed by atoms with Crippen LogP contribution >= 0.6 is 0 Å². The van der Waals surface area contributed by atoms with E-state index in [4.69, 9.17) is 9.47 Å². The lowest BCUT2D eigenvalue weighted by Gasteiger charge is -2.26. The van der Waals surface area contributed by atoms with Crippen molar-refractivity contribution in [1.29, 1.82) is 0 Å². The van der Waals surface area contributed by atoms with Crippen LogP contribution in [0.3, 0.4) is 0 Å². The highest BCUT2D eigenvalue weighted by Gasteiger charge is 2.25. The summed E-state index contributed by atoms with van der Waals surface area (Å²) >= 11 is 0. The van der Waals surface area contributed by atoms with Crippen LogP contribution in [0.25, 0.3) is 11.1 Å². The van der Waals surface area contributed by atoms with E-state index in [0.717, 1.165) is 47.5 Å². The summed E-state index contributed by atoms with van der Waals surface area (Å²) in [5, 5.41) is 10.2. The molecule has 3 aromatic rings. The first-order valence-electron chi connectivity index (χ1n) is 11.0. The van der Waals surface area contributed by atoms with E-state index in [9.17, 15) is 5.11 Å². The molecule has 0 radical (unpaired) electrons. The van der Waals surface area contributed by atoms with Gasteiger partial charge in [0.25, 0.3) is 0 Å². The summed E-state index contributed by atoms with van der Waals surface area (Å²) in [6, 6.07) is 16.6. The maximum atomic E-state index is 10.2. The average molecular weight is 413 g/mol. The van der Waals surface area contributed by atoms with Gasteiger partial charge in [0.1, 0.15) is 23.9 Å². The molecule has 0 saturated heterocycles. The van der Waals surface area contributed by atoms with Crippen molar-refractivity contribution in [2.24, 2.45) is 0 Å². The predicted octanol–water partition coefficient (Wildman–Crippen LogP) is 6.49. The van der Waals surface area contributed by atoms with Gasteiger partial charge in [0, 0.05) is 17.5 Å². The van der Waals surface area contributed by atoms with E-state index in [-0.39, 0.29) is 0 Å². The van der Waals surface area contributed by atoms with Crippen LogP contribution in [-0.2, 0) is 19.4 Å². The molecule has 1 N–H and O–H groups in total. The van der Waals surface area contributed by atoms with Crippen molar-refractivity contribution in [3.63, 3.8) is 0 Å². The lowest BCUT2D eigenvalue weighted by Crippen LogP contribution is -2.11. The molecule has 158 valence electrons. The van der Waals surface area contributed by atoms with Gasteiger partial charge in [-0.1, -0.05) is 29.8 Å². The van der Waals surface area contributed by atoms with Gasteiger partial charge < -0.3 is 14.6 Å². The zero-order valence-electron chi connectivity index (χ0n) is 18.2. The van der Waals surface area contributed by atoms with Crippen LogP contribution in [-0.4, -0.2) is 11.7 Å². The Morgan fingerprint density at radius 2 is 1.97 bits per heavy atom. The number of phenols is 1. The van der Waals surface area contributed by atoms with E-state index < -0.39 is 0 Å². The Kier molecular flexibility index (Phi) is 4.97. The molecule has 31 heavy (non-hydrogen) atoms. The highest BCUT2D eigenvalue weighted by Crippen LogP contribution is 2.42. The summed E-state index contributed by atoms with van der Waals surface area (Å²) in [6.07, 6.45) is 2.95. The van der Waals surface area contributed by atoms with Crippen molar-refractivity contribution in [2.75, 3.05) is 6.61 Å². The first kappa shape index (κ1) is 19.7. The Morgan fingerprint density at radius 3 is 2.74 bits per heavy atom. The molecule has 1 atom stereocenters. The fourth-order valence-corrected chi connectivity index (χ4v) is 4.86. The third-order valence-electron chi connectivity index (χ3n) is 6.43. The van der Waals surface area contributed by atoms with Crippen molar-refractivity contribution >= 4 is 0 Å². The zero-order chi connectivity index (χ0) is 21.5. The maximum Gasteiger partial charge on any atom is 0.126 e. The highest BCUT2D eigenvalue weighted by molar-refractivity contribution is 5.76. The molecule has 1 heterocycles. The lowest BCUT2D eigenvalue weighted by atomic mass is 9.79. The number of aryl methyl sites for hydroxylation is 1. The van der Waals surface area contributed by atoms with Crippen LogP contribution in [0.1, 0.15) is 47.1 Å². The number of hydrogen-bond donors (Lipinski definition) is 1. The Labute approximate surface area is 184 Å². The normalized spacial score (nSPS) is 16.1. The van der Waals surface area contributed by atoms with Crippen molar-refractivity contribution in [2.45, 2.75) is 45.6 Å². The molecule has 0 saturated carbocycles. The summed E-state index contributed by atoms with van der Waals surface area (Å²) in [7, 11) is 0. The fraction of sp³-hybridized carbons (Fsp3) is 0.286. The van der Waals surface area contributed by atoms with Crippen LogP contribution in [0, 0.1) is 6.92 Å². The third kappa shape index (κ3) is 3.69. The number of allylic oxidation sites excluding steroid dienone is 1. The topological polar surface area (TPSA) is 38.7 Å². The smallest absolute Gasteiger partial charge is 0.126 e. The van der Waals surface area contributed by atoms with E-state index in [1.54, 1.807) is 0 Å². The second-order valence-corrected chi connectivity index (χ2v) is 8.90. The number of hydrogen-bond acceptors (Lipinski definition) is 3. The van der Waals surface area contributed by atoms with Crippen molar-refractivity contribution in [1.82, 2.24) is 0 Å². The van der Waals surface area contributed by atoms with Crippen molar-refractivity contribution < 1.29 is 14.6 Å². The molecule has 0 spiro atoms. The fourth-order valence-electron chi connectivity index (χ4n) is 4.86. The molecule has 1 unspecified atom stereocenters. The van der Waals surface area contributed by atoms with Gasteiger partial charge in [-0.3, -0.25) is 0 Å². The Balaban J connectivity index is 1.33. The van der Waals surface area contributed by atoms with Crippen LogP contribution in [0.4, 0.5) is 0 Å². The summed E-state index contributed by atoms with van der Waals surface area (Å²) in [5.74, 6) is 2.58. The van der Waals surface area contributed by atoms with Gasteiger partial charge in [-0.05, 0) is 84.7 Å². The van der Waals surface area contributed by atoms with Gasteiger partial charge in [-0.25, -0.2) is 0 Å². The third-order valence-corrected chi connectivity index (χ3v) is 6.43. The van der Waals surface area contributed by atoms with E-state index in [0.29, 0.717) is 24.9 Å². The monoisotopic (exact) mass is 412 g/mol. The van der Waals surface area contributed by atoms with Crippen LogP contribution < -0.4 is 9.47 Å². The minimum atomic E-state index is 0.393. The van der Waals surface area contributed by atoms with Crippen molar-refractivity contribution in [3.8, 4) is 28.4 Å². The van der Waals surface area contributed by atoms with Crippen molar-refractivity contribution in [3.05, 3.63) is 88.5 Å². The SMILES string of the molecule is C=C(C)CC1COc2cc(OCc3cccc(-c4c(C)cc(O)c5c4CC5)c3)ccc21. The summed E-state index contributed by atoms with van der Waals surface area (Å²) in [4.78, 5) is 0. The molecular formula is C28H28O3. The summed E-state index contributed by atoms with van der Waals surface area (Å²) in [5.41, 5.74) is 9.51. The second kappa shape index (κ2) is 7.81. The molecule has 3 aromatic carbocycles. The van der Waals surface area contributed by atoms with E-state index in [2.05, 4.69) is 50.8 Å². The molecule has 5 rings (SSSR count). The molecule has 3 nitrogen and oxygen atoms in total. The average Bonchev–Trinajstić information content (AvgIpc) is 3.10. The maximum absolute atomic E-state index is 10.2. The Morgan fingerprint density at radius 1 is 1.13 bits per heavy atom. The molecule has 2 aliphatic rings. The molecule has 0 bridgehead atoms. The van der Waals surface area contributed by atoms with Crippen LogP contribution in [0.15, 0.2) is 60.7 Å². The lowest BCUT2D eigenvalue weighted by molar-refractivity contribution is 0.300. The summed E-state index contributed by atoms with van der Waals surface area (Å²) in [6.45, 7) is 9.38. The number of phenolic OH excluding ortho intramolecular Hbond substituents is 1. The van der Waals surface area contributed by atoms with Crippen LogP contribution in [0.5, 0.6) is 17.2 Å². The predicted molar refractivity (Wildman–Crippen MR) is 124 cm³/mol. The number of aromatic hydroxyl groups is 1. The molecule has 3 heteroatoms. The van der Waals surface area contributed by atoms with Crippen LogP contribution in [0.2, 0.25) is 0 Å². The van der Waals surface area contributed by atoms with E-state index in [1.165, 1.54) is 27.8 Å². The van der Waals surface area contributed by atoms with Gasteiger partial charge in [-0.2, -0.15) is 0 Å². The Bertz CT molecular complexity index is 1180. The number of rotatable bonds is 6. The number of benzene rings is 3. The molecular weight excluding hydrogens is 384 g/mol. The van der Waals surface area contributed by atoms with Gasteiger partial charge in [0.2, 0.25) is 0 Å². The molecule has 1 aliphatic heterocycles. The minimum Gasteiger partial charge on any atom is -0.508 e. The molecule has 0 amide bonds. The minimum absolute atomic E-state index is 0.393. The summed E-state index contributed by atoms with van der Waals surface area (Å²) < 4.78 is 12.0. The van der Waals surface area contributed by atoms with Gasteiger partial charge in [0.15, 0.2) is 0 Å². The van der Waals surface area contributed by atoms with Gasteiger partial charge >= 0.3 is 0 Å². The number of fused-ring (bicyclic) bond motifs is 2. The molecule has 0 aromatic heterocycles. The molecule has 1 aliphatic carbocycles. The van der Waals surface area contributed by atoms with Gasteiger partial charge in [0.05, 0.1) is 6.61 Å². The first-order valence-corrected chi connectivity index (χ1v) is 11.0. The van der Waals surface area contributed by atoms with Gasteiger partial charge in [-0.15, -0.1) is 6.58 Å². The largest absolute Gasteiger partial charge is 0.508 e. The Hall–Kier alpha value is -3.20. The second-order valence-electron chi connectivity index (χ2n) is 8.90. The quantitative estimate of drug-likeness (QED) is 0.471. The zero-order valence-corrected chi connectivity index (χ0v) is 18.2. The standard InChI is InChI=1S/C28H28O3/c1-17(2)11-21-16-31-27-14-22(7-8-23(21)27)30-15-19-5-4-6-20(13-19)28-18(3)12-26(29)24-9-10-25(24)28/h4-8,12-14,21,29H,1,9-11,15-16H2,2-3H3. The van der Waals surface area contributed by atoms with E-state index >= 15 is 0 Å². The van der Waals surface area contributed by atoms with E-state index in [1.807, 2.05) is 18.2 Å². The number of ether oxygens (including phenoxy) is 2. The molecule has 0 fully saturated rings.